The van der Waals surface area contributed by atoms with Crippen LogP contribution < -0.4 is 4.74 Å². The number of rotatable bonds is 4. The summed E-state index contributed by atoms with van der Waals surface area (Å²) in [5, 5.41) is 9.57. The maximum atomic E-state index is 12.0. The molecule has 0 aliphatic carbocycles. The summed E-state index contributed by atoms with van der Waals surface area (Å²) in [6, 6.07) is 14.2. The maximum Gasteiger partial charge on any atom is 0.141 e. The van der Waals surface area contributed by atoms with Crippen molar-refractivity contribution < 1.29 is 14.6 Å². The number of aromatic hydroxyl groups is 1. The first-order chi connectivity index (χ1) is 9.13. The zero-order chi connectivity index (χ0) is 13.8. The van der Waals surface area contributed by atoms with Gasteiger partial charge in [0, 0.05) is 5.56 Å². The minimum Gasteiger partial charge on any atom is -0.508 e. The van der Waals surface area contributed by atoms with Crippen molar-refractivity contribution in [2.75, 3.05) is 7.11 Å². The van der Waals surface area contributed by atoms with Gasteiger partial charge < -0.3 is 9.84 Å². The second-order valence-electron chi connectivity index (χ2n) is 4.38. The van der Waals surface area contributed by atoms with Crippen LogP contribution in [0.15, 0.2) is 48.5 Å². The van der Waals surface area contributed by atoms with Crippen LogP contribution in [0, 0.1) is 0 Å². The molecular weight excluding hydrogens is 240 g/mol. The van der Waals surface area contributed by atoms with Crippen LogP contribution in [0.2, 0.25) is 0 Å². The molecular formula is C16H16O3. The van der Waals surface area contributed by atoms with E-state index < -0.39 is 5.92 Å². The predicted octanol–water partition coefficient (Wildman–Crippen LogP) is 3.12. The third-order valence-electron chi connectivity index (χ3n) is 3.06. The quantitative estimate of drug-likeness (QED) is 0.914. The van der Waals surface area contributed by atoms with Gasteiger partial charge in [0.25, 0.3) is 0 Å². The molecule has 98 valence electrons. The molecule has 19 heavy (non-hydrogen) atoms. The van der Waals surface area contributed by atoms with E-state index in [1.807, 2.05) is 30.3 Å². The van der Waals surface area contributed by atoms with Crippen molar-refractivity contribution in [2.45, 2.75) is 12.8 Å². The summed E-state index contributed by atoms with van der Waals surface area (Å²) in [7, 11) is 1.58. The highest BCUT2D eigenvalue weighted by Crippen LogP contribution is 2.33. The fourth-order valence-corrected chi connectivity index (χ4v) is 2.24. The molecule has 0 amide bonds. The van der Waals surface area contributed by atoms with Gasteiger partial charge in [0.1, 0.15) is 17.3 Å². The Hall–Kier alpha value is -2.29. The van der Waals surface area contributed by atoms with Crippen LogP contribution in [0.4, 0.5) is 0 Å². The number of hydrogen-bond donors (Lipinski definition) is 1. The van der Waals surface area contributed by atoms with Crippen LogP contribution in [-0.4, -0.2) is 18.0 Å². The molecule has 0 spiro atoms. The van der Waals surface area contributed by atoms with Crippen LogP contribution in [0.3, 0.4) is 0 Å². The molecule has 0 fully saturated rings. The van der Waals surface area contributed by atoms with Gasteiger partial charge in [-0.1, -0.05) is 30.3 Å². The lowest BCUT2D eigenvalue weighted by atomic mass is 9.87. The molecule has 0 heterocycles. The van der Waals surface area contributed by atoms with Crippen LogP contribution >= 0.6 is 0 Å². The molecule has 0 aliphatic rings. The summed E-state index contributed by atoms with van der Waals surface area (Å²) in [4.78, 5) is 12.0. The molecule has 2 aromatic carbocycles. The average Bonchev–Trinajstić information content (AvgIpc) is 2.39. The number of para-hydroxylation sites is 1. The van der Waals surface area contributed by atoms with Crippen molar-refractivity contribution in [3.63, 3.8) is 0 Å². The largest absolute Gasteiger partial charge is 0.508 e. The number of ether oxygens (including phenoxy) is 1. The van der Waals surface area contributed by atoms with Gasteiger partial charge in [-0.15, -0.1) is 0 Å². The molecule has 2 aromatic rings. The average molecular weight is 256 g/mol. The molecule has 1 atom stereocenters. The molecule has 3 nitrogen and oxygen atoms in total. The van der Waals surface area contributed by atoms with Crippen LogP contribution in [-0.2, 0) is 4.79 Å². The highest BCUT2D eigenvalue weighted by Gasteiger charge is 2.22. The number of carbonyl (C=O) groups excluding carboxylic acids is 1. The van der Waals surface area contributed by atoms with Crippen molar-refractivity contribution >= 4 is 5.78 Å². The summed E-state index contributed by atoms with van der Waals surface area (Å²) in [5.41, 5.74) is 1.57. The number of ketones is 1. The van der Waals surface area contributed by atoms with Crippen LogP contribution in [0.5, 0.6) is 11.5 Å². The third kappa shape index (κ3) is 2.76. The summed E-state index contributed by atoms with van der Waals surface area (Å²) in [6.45, 7) is 1.54. The summed E-state index contributed by atoms with van der Waals surface area (Å²) >= 11 is 0. The first-order valence-electron chi connectivity index (χ1n) is 6.05. The first-order valence-corrected chi connectivity index (χ1v) is 6.05. The Morgan fingerprint density at radius 3 is 2.53 bits per heavy atom. The van der Waals surface area contributed by atoms with Gasteiger partial charge in [0.15, 0.2) is 0 Å². The fourth-order valence-electron chi connectivity index (χ4n) is 2.24. The van der Waals surface area contributed by atoms with E-state index in [1.54, 1.807) is 32.2 Å². The van der Waals surface area contributed by atoms with Gasteiger partial charge in [0.05, 0.1) is 13.0 Å². The SMILES string of the molecule is COc1ccccc1C(C(C)=O)c1cccc(O)c1. The zero-order valence-electron chi connectivity index (χ0n) is 11.0. The van der Waals surface area contributed by atoms with Crippen molar-refractivity contribution in [1.29, 1.82) is 0 Å². The predicted molar refractivity (Wildman–Crippen MR) is 73.6 cm³/mol. The highest BCUT2D eigenvalue weighted by atomic mass is 16.5. The zero-order valence-corrected chi connectivity index (χ0v) is 11.0. The monoisotopic (exact) mass is 256 g/mol. The van der Waals surface area contributed by atoms with Gasteiger partial charge in [0.2, 0.25) is 0 Å². The standard InChI is InChI=1S/C16H16O3/c1-11(17)16(12-6-5-7-13(18)10-12)14-8-3-4-9-15(14)19-2/h3-10,16,18H,1-2H3. The van der Waals surface area contributed by atoms with Gasteiger partial charge in [-0.25, -0.2) is 0 Å². The van der Waals surface area contributed by atoms with E-state index >= 15 is 0 Å². The number of hydrogen-bond acceptors (Lipinski definition) is 3. The van der Waals surface area contributed by atoms with Crippen LogP contribution in [0.1, 0.15) is 24.0 Å². The van der Waals surface area contributed by atoms with E-state index in [4.69, 9.17) is 4.74 Å². The Balaban J connectivity index is 2.55. The number of Topliss-reactive ketones (excluding diaryl/α,β-unsaturated/α-hetero) is 1. The molecule has 1 unspecified atom stereocenters. The third-order valence-corrected chi connectivity index (χ3v) is 3.06. The molecule has 2 rings (SSSR count). The minimum atomic E-state index is -0.428. The lowest BCUT2D eigenvalue weighted by molar-refractivity contribution is -0.117. The molecule has 0 saturated heterocycles. The normalized spacial score (nSPS) is 11.9. The molecule has 0 aromatic heterocycles. The number of phenols is 1. The fraction of sp³-hybridized carbons (Fsp3) is 0.188. The van der Waals surface area contributed by atoms with E-state index in [2.05, 4.69) is 0 Å². The maximum absolute atomic E-state index is 12.0. The summed E-state index contributed by atoms with van der Waals surface area (Å²) < 4.78 is 5.31. The molecule has 0 radical (unpaired) electrons. The summed E-state index contributed by atoms with van der Waals surface area (Å²) in [6.07, 6.45) is 0. The van der Waals surface area contributed by atoms with Gasteiger partial charge in [-0.05, 0) is 30.7 Å². The molecule has 0 bridgehead atoms. The Bertz CT molecular complexity index is 590. The van der Waals surface area contributed by atoms with Gasteiger partial charge >= 0.3 is 0 Å². The van der Waals surface area contributed by atoms with Gasteiger partial charge in [-0.2, -0.15) is 0 Å². The number of phenolic OH excluding ortho intramolecular Hbond substituents is 1. The van der Waals surface area contributed by atoms with Crippen molar-refractivity contribution in [3.05, 3.63) is 59.7 Å². The molecule has 3 heteroatoms. The van der Waals surface area contributed by atoms with E-state index in [-0.39, 0.29) is 11.5 Å². The first kappa shape index (κ1) is 13.1. The van der Waals surface area contributed by atoms with Gasteiger partial charge in [-0.3, -0.25) is 4.79 Å². The number of benzene rings is 2. The van der Waals surface area contributed by atoms with Crippen molar-refractivity contribution in [2.24, 2.45) is 0 Å². The Morgan fingerprint density at radius 1 is 1.16 bits per heavy atom. The molecule has 0 aliphatic heterocycles. The van der Waals surface area contributed by atoms with E-state index in [0.29, 0.717) is 5.75 Å². The second kappa shape index (κ2) is 5.57. The minimum absolute atomic E-state index is 0.00935. The van der Waals surface area contributed by atoms with E-state index in [1.165, 1.54) is 0 Å². The van der Waals surface area contributed by atoms with E-state index in [9.17, 15) is 9.90 Å². The van der Waals surface area contributed by atoms with Crippen LogP contribution in [0.25, 0.3) is 0 Å². The topological polar surface area (TPSA) is 46.5 Å². The van der Waals surface area contributed by atoms with Crippen molar-refractivity contribution in [3.8, 4) is 11.5 Å². The molecule has 1 N–H and O–H groups in total. The van der Waals surface area contributed by atoms with E-state index in [0.717, 1.165) is 11.1 Å². The number of carbonyl (C=O) groups is 1. The Kier molecular flexibility index (Phi) is 3.85. The lowest BCUT2D eigenvalue weighted by Crippen LogP contribution is -2.11. The Labute approximate surface area is 112 Å². The Morgan fingerprint density at radius 2 is 1.89 bits per heavy atom. The highest BCUT2D eigenvalue weighted by molar-refractivity contribution is 5.87. The smallest absolute Gasteiger partial charge is 0.141 e. The second-order valence-corrected chi connectivity index (χ2v) is 4.38. The van der Waals surface area contributed by atoms with Crippen molar-refractivity contribution in [1.82, 2.24) is 0 Å². The lowest BCUT2D eigenvalue weighted by Gasteiger charge is -2.18. The molecule has 0 saturated carbocycles. The summed E-state index contributed by atoms with van der Waals surface area (Å²) in [5.74, 6) is 0.406. The number of methoxy groups -OCH3 is 1.